The Hall–Kier alpha value is -1.83. The van der Waals surface area contributed by atoms with Crippen molar-refractivity contribution in [3.05, 3.63) is 76.4 Å². The third kappa shape index (κ3) is 3.16. The smallest absolute Gasteiger partial charge is 0.00169 e. The zero-order valence-electron chi connectivity index (χ0n) is 13.1. The summed E-state index contributed by atoms with van der Waals surface area (Å²) in [5, 5.41) is 3.22. The summed E-state index contributed by atoms with van der Waals surface area (Å²) < 4.78 is 0. The molecular weight excluding hydrogens is 290 g/mol. The highest BCUT2D eigenvalue weighted by Crippen LogP contribution is 2.35. The van der Waals surface area contributed by atoms with Crippen LogP contribution in [0.4, 0.5) is 0 Å². The van der Waals surface area contributed by atoms with Gasteiger partial charge in [0.05, 0.1) is 0 Å². The van der Waals surface area contributed by atoms with Gasteiger partial charge in [0.25, 0.3) is 0 Å². The van der Waals surface area contributed by atoms with Gasteiger partial charge in [-0.15, -0.1) is 12.4 Å². The molecule has 0 heterocycles. The maximum atomic E-state index is 3.22. The molecular formula is C20H22ClN. The van der Waals surface area contributed by atoms with E-state index >= 15 is 0 Å². The third-order valence-electron chi connectivity index (χ3n) is 4.04. The van der Waals surface area contributed by atoms with Gasteiger partial charge >= 0.3 is 0 Å². The molecule has 2 aromatic carbocycles. The molecule has 3 rings (SSSR count). The molecule has 0 atom stereocenters. The summed E-state index contributed by atoms with van der Waals surface area (Å²) in [7, 11) is 2.00. The quantitative estimate of drug-likeness (QED) is 0.675. The van der Waals surface area contributed by atoms with E-state index in [4.69, 9.17) is 0 Å². The molecule has 1 aliphatic carbocycles. The number of rotatable bonds is 3. The van der Waals surface area contributed by atoms with Crippen LogP contribution in [0.2, 0.25) is 0 Å². The Morgan fingerprint density at radius 3 is 2.55 bits per heavy atom. The van der Waals surface area contributed by atoms with Crippen molar-refractivity contribution in [2.45, 2.75) is 13.3 Å². The minimum atomic E-state index is 0. The molecule has 0 amide bonds. The molecule has 0 spiro atoms. The summed E-state index contributed by atoms with van der Waals surface area (Å²) in [6.45, 7) is 3.19. The summed E-state index contributed by atoms with van der Waals surface area (Å²) in [5.41, 5.74) is 7.98. The van der Waals surface area contributed by atoms with Crippen molar-refractivity contribution in [3.63, 3.8) is 0 Å². The summed E-state index contributed by atoms with van der Waals surface area (Å²) in [4.78, 5) is 0. The van der Waals surface area contributed by atoms with Gasteiger partial charge in [-0.1, -0.05) is 60.7 Å². The van der Waals surface area contributed by atoms with Gasteiger partial charge in [-0.05, 0) is 60.3 Å². The van der Waals surface area contributed by atoms with E-state index in [1.54, 1.807) is 0 Å². The van der Waals surface area contributed by atoms with Crippen LogP contribution in [0.3, 0.4) is 0 Å². The Labute approximate surface area is 139 Å². The van der Waals surface area contributed by atoms with Gasteiger partial charge in [0.2, 0.25) is 0 Å². The molecule has 0 saturated heterocycles. The molecule has 0 unspecified atom stereocenters. The second-order valence-electron chi connectivity index (χ2n) is 5.47. The summed E-state index contributed by atoms with van der Waals surface area (Å²) >= 11 is 0. The normalized spacial score (nSPS) is 14.0. The first-order valence-corrected chi connectivity index (χ1v) is 7.53. The van der Waals surface area contributed by atoms with Gasteiger partial charge < -0.3 is 5.32 Å². The fourth-order valence-corrected chi connectivity index (χ4v) is 2.92. The maximum Gasteiger partial charge on any atom is -0.00169 e. The van der Waals surface area contributed by atoms with Crippen LogP contribution in [-0.2, 0) is 0 Å². The zero-order chi connectivity index (χ0) is 14.7. The van der Waals surface area contributed by atoms with Crippen LogP contribution in [0.15, 0.2) is 48.5 Å². The van der Waals surface area contributed by atoms with E-state index < -0.39 is 0 Å². The predicted octanol–water partition coefficient (Wildman–Crippen LogP) is 4.94. The minimum Gasteiger partial charge on any atom is -0.319 e. The molecule has 0 radical (unpaired) electrons. The van der Waals surface area contributed by atoms with E-state index in [1.807, 2.05) is 7.05 Å². The molecule has 2 heteroatoms. The highest BCUT2D eigenvalue weighted by atomic mass is 35.5. The van der Waals surface area contributed by atoms with E-state index in [0.717, 1.165) is 13.0 Å². The standard InChI is InChI=1S/C20H21N.ClH/c1-15-7-5-10-19-17(15)13-12-16-8-3-4-9-18(16)20(19)11-6-14-21-2;/h3-5,7-13,21H,6,14H2,1-2H3;1H. The number of benzene rings is 2. The van der Waals surface area contributed by atoms with Gasteiger partial charge in [-0.2, -0.15) is 0 Å². The van der Waals surface area contributed by atoms with Crippen LogP contribution < -0.4 is 5.32 Å². The van der Waals surface area contributed by atoms with E-state index in [2.05, 4.69) is 72.9 Å². The van der Waals surface area contributed by atoms with Crippen LogP contribution in [0.25, 0.3) is 17.7 Å². The number of aryl methyl sites for hydroxylation is 1. The number of nitrogens with one attached hydrogen (secondary N) is 1. The van der Waals surface area contributed by atoms with Gasteiger partial charge in [0, 0.05) is 0 Å². The largest absolute Gasteiger partial charge is 0.319 e. The van der Waals surface area contributed by atoms with E-state index in [1.165, 1.54) is 33.4 Å². The molecule has 0 aliphatic heterocycles. The van der Waals surface area contributed by atoms with Crippen molar-refractivity contribution in [3.8, 4) is 0 Å². The molecule has 114 valence electrons. The predicted molar refractivity (Wildman–Crippen MR) is 99.4 cm³/mol. The molecule has 0 saturated carbocycles. The van der Waals surface area contributed by atoms with Gasteiger partial charge in [0.15, 0.2) is 0 Å². The van der Waals surface area contributed by atoms with E-state index in [9.17, 15) is 0 Å². The number of fused-ring (bicyclic) bond motifs is 2. The van der Waals surface area contributed by atoms with Crippen molar-refractivity contribution < 1.29 is 0 Å². The lowest BCUT2D eigenvalue weighted by Gasteiger charge is -2.13. The molecule has 1 N–H and O–H groups in total. The van der Waals surface area contributed by atoms with E-state index in [-0.39, 0.29) is 12.4 Å². The van der Waals surface area contributed by atoms with E-state index in [0.29, 0.717) is 0 Å². The Morgan fingerprint density at radius 2 is 1.73 bits per heavy atom. The van der Waals surface area contributed by atoms with Gasteiger partial charge in [-0.25, -0.2) is 0 Å². The molecule has 0 bridgehead atoms. The number of halogens is 1. The van der Waals surface area contributed by atoms with Crippen molar-refractivity contribution in [1.82, 2.24) is 5.32 Å². The topological polar surface area (TPSA) is 12.0 Å². The Morgan fingerprint density at radius 1 is 0.955 bits per heavy atom. The van der Waals surface area contributed by atoms with Crippen LogP contribution in [0.5, 0.6) is 0 Å². The molecule has 2 aromatic rings. The van der Waals surface area contributed by atoms with Crippen LogP contribution >= 0.6 is 12.4 Å². The van der Waals surface area contributed by atoms with Crippen molar-refractivity contribution >= 4 is 30.1 Å². The monoisotopic (exact) mass is 311 g/mol. The van der Waals surface area contributed by atoms with Gasteiger partial charge in [0.1, 0.15) is 0 Å². The molecule has 0 fully saturated rings. The second-order valence-corrected chi connectivity index (χ2v) is 5.47. The van der Waals surface area contributed by atoms with Crippen molar-refractivity contribution in [2.24, 2.45) is 0 Å². The lowest BCUT2D eigenvalue weighted by atomic mass is 9.91. The lowest BCUT2D eigenvalue weighted by Crippen LogP contribution is -2.06. The second kappa shape index (κ2) is 7.44. The number of hydrogen-bond acceptors (Lipinski definition) is 1. The molecule has 0 aromatic heterocycles. The highest BCUT2D eigenvalue weighted by molar-refractivity contribution is 5.94. The lowest BCUT2D eigenvalue weighted by molar-refractivity contribution is 0.808. The Bertz CT molecular complexity index is 713. The first-order chi connectivity index (χ1) is 10.3. The Kier molecular flexibility index (Phi) is 5.59. The minimum absolute atomic E-state index is 0. The van der Waals surface area contributed by atoms with Crippen molar-refractivity contribution in [2.75, 3.05) is 13.6 Å². The van der Waals surface area contributed by atoms with Crippen LogP contribution in [-0.4, -0.2) is 13.6 Å². The Balaban J connectivity index is 0.00000176. The van der Waals surface area contributed by atoms with Crippen LogP contribution in [0, 0.1) is 6.92 Å². The fraction of sp³-hybridized carbons (Fsp3) is 0.200. The maximum absolute atomic E-state index is 3.22. The molecule has 22 heavy (non-hydrogen) atoms. The first kappa shape index (κ1) is 16.5. The summed E-state index contributed by atoms with van der Waals surface area (Å²) in [6, 6.07) is 15.2. The molecule has 1 nitrogen and oxygen atoms in total. The zero-order valence-corrected chi connectivity index (χ0v) is 13.9. The third-order valence-corrected chi connectivity index (χ3v) is 4.04. The SMILES string of the molecule is CNCCC=C1c2ccccc2C=Cc2c(C)cccc21.Cl. The molecule has 1 aliphatic rings. The van der Waals surface area contributed by atoms with Crippen molar-refractivity contribution in [1.29, 1.82) is 0 Å². The summed E-state index contributed by atoms with van der Waals surface area (Å²) in [6.07, 6.45) is 7.89. The fourth-order valence-electron chi connectivity index (χ4n) is 2.92. The summed E-state index contributed by atoms with van der Waals surface area (Å²) in [5.74, 6) is 0. The average Bonchev–Trinajstić information content (AvgIpc) is 2.66. The average molecular weight is 312 g/mol. The highest BCUT2D eigenvalue weighted by Gasteiger charge is 2.15. The van der Waals surface area contributed by atoms with Gasteiger partial charge in [-0.3, -0.25) is 0 Å². The first-order valence-electron chi connectivity index (χ1n) is 7.53. The van der Waals surface area contributed by atoms with Crippen LogP contribution in [0.1, 0.15) is 34.2 Å². The number of hydrogen-bond donors (Lipinski definition) is 1.